The molecule has 1 heterocycles. The van der Waals surface area contributed by atoms with Crippen LogP contribution in [0.3, 0.4) is 0 Å². The fraction of sp³-hybridized carbons (Fsp3) is 0.545. The summed E-state index contributed by atoms with van der Waals surface area (Å²) in [5, 5.41) is 0. The molecule has 0 unspecified atom stereocenters. The number of rotatable bonds is 1. The number of imidazole rings is 1. The van der Waals surface area contributed by atoms with Crippen LogP contribution in [0.1, 0.15) is 30.1 Å². The van der Waals surface area contributed by atoms with Crippen LogP contribution in [-0.4, -0.2) is 9.55 Å². The van der Waals surface area contributed by atoms with Crippen LogP contribution in [-0.2, 0) is 19.4 Å². The van der Waals surface area contributed by atoms with Gasteiger partial charge in [0.2, 0.25) is 0 Å². The van der Waals surface area contributed by atoms with Gasteiger partial charge in [-0.1, -0.05) is 5.92 Å². The van der Waals surface area contributed by atoms with E-state index in [9.17, 15) is 0 Å². The van der Waals surface area contributed by atoms with E-state index >= 15 is 0 Å². The Morgan fingerprint density at radius 3 is 3.00 bits per heavy atom. The molecule has 0 N–H and O–H groups in total. The van der Waals surface area contributed by atoms with Gasteiger partial charge in [-0.15, -0.1) is 6.42 Å². The zero-order chi connectivity index (χ0) is 9.26. The third kappa shape index (κ3) is 1.35. The first-order valence-corrected chi connectivity index (χ1v) is 4.81. The molecular weight excluding hydrogens is 160 g/mol. The summed E-state index contributed by atoms with van der Waals surface area (Å²) in [6, 6.07) is 0. The first-order valence-electron chi connectivity index (χ1n) is 4.81. The fourth-order valence-electron chi connectivity index (χ4n) is 2.04. The normalized spacial score (nSPS) is 15.1. The number of aryl methyl sites for hydroxylation is 2. The molecular formula is C11H14N2. The number of terminal acetylenes is 1. The monoisotopic (exact) mass is 174 g/mol. The number of aromatic nitrogens is 2. The topological polar surface area (TPSA) is 17.8 Å². The predicted octanol–water partition coefficient (Wildman–Crippen LogP) is 1.70. The first kappa shape index (κ1) is 8.37. The molecule has 68 valence electrons. The Hall–Kier alpha value is -1.23. The van der Waals surface area contributed by atoms with Crippen molar-refractivity contribution in [2.75, 3.05) is 0 Å². The number of fused-ring (bicyclic) bond motifs is 1. The first-order chi connectivity index (χ1) is 6.33. The molecule has 0 saturated heterocycles. The van der Waals surface area contributed by atoms with E-state index in [0.717, 1.165) is 18.7 Å². The maximum atomic E-state index is 5.32. The van der Waals surface area contributed by atoms with Crippen LogP contribution in [0.15, 0.2) is 0 Å². The molecule has 2 heteroatoms. The zero-order valence-corrected chi connectivity index (χ0v) is 8.01. The van der Waals surface area contributed by atoms with Gasteiger partial charge in [0.15, 0.2) is 0 Å². The van der Waals surface area contributed by atoms with Crippen LogP contribution in [0.5, 0.6) is 0 Å². The summed E-state index contributed by atoms with van der Waals surface area (Å²) in [6.45, 7) is 2.71. The largest absolute Gasteiger partial charge is 0.320 e. The quantitative estimate of drug-likeness (QED) is 0.592. The molecule has 0 bridgehead atoms. The lowest BCUT2D eigenvalue weighted by molar-refractivity contribution is 0.632. The lowest BCUT2D eigenvalue weighted by Crippen LogP contribution is -2.08. The van der Waals surface area contributed by atoms with Gasteiger partial charge in [-0.3, -0.25) is 0 Å². The number of nitrogens with zero attached hydrogens (tertiary/aromatic N) is 2. The van der Waals surface area contributed by atoms with Gasteiger partial charge in [-0.2, -0.15) is 0 Å². The minimum absolute atomic E-state index is 0.675. The van der Waals surface area contributed by atoms with Crippen molar-refractivity contribution < 1.29 is 0 Å². The van der Waals surface area contributed by atoms with Gasteiger partial charge in [0.05, 0.1) is 12.2 Å². The van der Waals surface area contributed by atoms with Crippen LogP contribution in [0.4, 0.5) is 0 Å². The van der Waals surface area contributed by atoms with Crippen molar-refractivity contribution in [2.24, 2.45) is 0 Å². The van der Waals surface area contributed by atoms with E-state index in [1.54, 1.807) is 0 Å². The predicted molar refractivity (Wildman–Crippen MR) is 52.4 cm³/mol. The highest BCUT2D eigenvalue weighted by atomic mass is 15.1. The lowest BCUT2D eigenvalue weighted by atomic mass is 10.0. The molecule has 0 saturated carbocycles. The Kier molecular flexibility index (Phi) is 2.10. The number of hydrogen-bond acceptors (Lipinski definition) is 1. The average Bonchev–Trinajstić information content (AvgIpc) is 2.44. The van der Waals surface area contributed by atoms with E-state index in [1.807, 2.05) is 6.92 Å². The highest BCUT2D eigenvalue weighted by Gasteiger charge is 2.16. The molecule has 1 aliphatic carbocycles. The summed E-state index contributed by atoms with van der Waals surface area (Å²) in [5.41, 5.74) is 2.65. The van der Waals surface area contributed by atoms with Gasteiger partial charge in [0.25, 0.3) is 0 Å². The molecule has 0 aliphatic heterocycles. The molecule has 0 radical (unpaired) electrons. The standard InChI is InChI=1S/C11H14N2/c1-3-8-13-9(2)12-10-6-4-5-7-11(10)13/h1H,4-8H2,2H3. The molecule has 2 rings (SSSR count). The third-order valence-electron chi connectivity index (χ3n) is 2.67. The fourth-order valence-corrected chi connectivity index (χ4v) is 2.04. The van der Waals surface area contributed by atoms with Gasteiger partial charge in [-0.25, -0.2) is 4.98 Å². The summed E-state index contributed by atoms with van der Waals surface area (Å²) >= 11 is 0. The minimum Gasteiger partial charge on any atom is -0.320 e. The minimum atomic E-state index is 0.675. The summed E-state index contributed by atoms with van der Waals surface area (Å²) in [5.74, 6) is 3.76. The molecule has 0 fully saturated rings. The summed E-state index contributed by atoms with van der Waals surface area (Å²) in [7, 11) is 0. The van der Waals surface area contributed by atoms with Crippen LogP contribution < -0.4 is 0 Å². The summed E-state index contributed by atoms with van der Waals surface area (Å²) in [6.07, 6.45) is 10.2. The van der Waals surface area contributed by atoms with Crippen molar-refractivity contribution in [1.82, 2.24) is 9.55 Å². The summed E-state index contributed by atoms with van der Waals surface area (Å²) < 4.78 is 2.18. The van der Waals surface area contributed by atoms with Crippen molar-refractivity contribution in [3.05, 3.63) is 17.2 Å². The Morgan fingerprint density at radius 1 is 1.46 bits per heavy atom. The summed E-state index contributed by atoms with van der Waals surface area (Å²) in [4.78, 5) is 4.54. The molecule has 0 spiro atoms. The van der Waals surface area contributed by atoms with Gasteiger partial charge in [-0.05, 0) is 32.6 Å². The van der Waals surface area contributed by atoms with Gasteiger partial charge in [0.1, 0.15) is 5.82 Å². The second-order valence-electron chi connectivity index (χ2n) is 3.55. The van der Waals surface area contributed by atoms with Crippen molar-refractivity contribution in [3.8, 4) is 12.3 Å². The molecule has 1 aromatic heterocycles. The smallest absolute Gasteiger partial charge is 0.106 e. The van der Waals surface area contributed by atoms with E-state index in [2.05, 4.69) is 15.5 Å². The van der Waals surface area contributed by atoms with Crippen molar-refractivity contribution in [1.29, 1.82) is 0 Å². The van der Waals surface area contributed by atoms with Crippen LogP contribution in [0.2, 0.25) is 0 Å². The van der Waals surface area contributed by atoms with Crippen LogP contribution >= 0.6 is 0 Å². The SMILES string of the molecule is C#CCn1c(C)nc2c1CCCC2. The van der Waals surface area contributed by atoms with Crippen molar-refractivity contribution in [2.45, 2.75) is 39.2 Å². The Morgan fingerprint density at radius 2 is 2.23 bits per heavy atom. The van der Waals surface area contributed by atoms with Crippen LogP contribution in [0, 0.1) is 19.3 Å². The molecule has 2 nitrogen and oxygen atoms in total. The van der Waals surface area contributed by atoms with Crippen molar-refractivity contribution in [3.63, 3.8) is 0 Å². The molecule has 0 amide bonds. The maximum absolute atomic E-state index is 5.32. The Labute approximate surface area is 79.0 Å². The second kappa shape index (κ2) is 3.26. The van der Waals surface area contributed by atoms with E-state index in [-0.39, 0.29) is 0 Å². The van der Waals surface area contributed by atoms with E-state index in [1.165, 1.54) is 24.2 Å². The second-order valence-corrected chi connectivity index (χ2v) is 3.55. The van der Waals surface area contributed by atoms with Gasteiger partial charge >= 0.3 is 0 Å². The third-order valence-corrected chi connectivity index (χ3v) is 2.67. The number of hydrogen-bond donors (Lipinski definition) is 0. The van der Waals surface area contributed by atoms with Crippen LogP contribution in [0.25, 0.3) is 0 Å². The van der Waals surface area contributed by atoms with Crippen molar-refractivity contribution >= 4 is 0 Å². The Balaban J connectivity index is 2.43. The Bertz CT molecular complexity index is 355. The molecule has 1 aliphatic rings. The van der Waals surface area contributed by atoms with E-state index in [4.69, 9.17) is 6.42 Å². The molecule has 0 aromatic carbocycles. The van der Waals surface area contributed by atoms with Gasteiger partial charge < -0.3 is 4.57 Å². The highest BCUT2D eigenvalue weighted by Crippen LogP contribution is 2.21. The van der Waals surface area contributed by atoms with E-state index in [0.29, 0.717) is 6.54 Å². The maximum Gasteiger partial charge on any atom is 0.106 e. The molecule has 0 atom stereocenters. The highest BCUT2D eigenvalue weighted by molar-refractivity contribution is 5.20. The van der Waals surface area contributed by atoms with E-state index < -0.39 is 0 Å². The average molecular weight is 174 g/mol. The molecule has 13 heavy (non-hydrogen) atoms. The molecule has 1 aromatic rings. The zero-order valence-electron chi connectivity index (χ0n) is 8.01. The van der Waals surface area contributed by atoms with Gasteiger partial charge in [0, 0.05) is 5.69 Å². The lowest BCUT2D eigenvalue weighted by Gasteiger charge is -2.12.